The van der Waals surface area contributed by atoms with Crippen molar-refractivity contribution < 1.29 is 4.42 Å². The summed E-state index contributed by atoms with van der Waals surface area (Å²) in [5, 5.41) is 4.03. The van der Waals surface area contributed by atoms with Crippen LogP contribution in [-0.2, 0) is 0 Å². The van der Waals surface area contributed by atoms with Crippen LogP contribution >= 0.6 is 0 Å². The van der Waals surface area contributed by atoms with Crippen LogP contribution in [-0.4, -0.2) is 129 Å². The van der Waals surface area contributed by atoms with Crippen molar-refractivity contribution in [3.05, 3.63) is 84.9 Å². The number of para-hydroxylation sites is 2. The van der Waals surface area contributed by atoms with Crippen LogP contribution in [0.3, 0.4) is 0 Å². The summed E-state index contributed by atoms with van der Waals surface area (Å²) in [5.41, 5.74) is 4.35. The highest BCUT2D eigenvalue weighted by Gasteiger charge is 2.25. The van der Waals surface area contributed by atoms with Gasteiger partial charge in [-0.1, -0.05) is 80.7 Å². The average Bonchev–Trinajstić information content (AvgIpc) is 3.84. The molecule has 0 N–H and O–H groups in total. The lowest BCUT2D eigenvalue weighted by molar-refractivity contribution is 0.669. The normalized spacial score (nSPS) is 11.7. The molecule has 3 heterocycles. The first-order valence-electron chi connectivity index (χ1n) is 19.6. The van der Waals surface area contributed by atoms with Crippen LogP contribution in [0, 0.1) is 0 Å². The lowest BCUT2D eigenvalue weighted by atomic mass is 9.56. The van der Waals surface area contributed by atoms with Crippen molar-refractivity contribution in [2.45, 2.75) is 0 Å². The molecule has 0 aliphatic heterocycles. The Labute approximate surface area is 387 Å². The topological polar surface area (TPSA) is 56.7 Å². The Morgan fingerprint density at radius 2 is 0.750 bits per heavy atom. The molecular weight excluding hydrogens is 764 g/mol. The molecule has 0 saturated carbocycles. The minimum atomic E-state index is -0.0977. The molecule has 0 aliphatic carbocycles. The molecule has 10 rings (SSSR count). The van der Waals surface area contributed by atoms with Gasteiger partial charge in [0.15, 0.2) is 17.5 Å². The first-order chi connectivity index (χ1) is 30.6. The van der Waals surface area contributed by atoms with Gasteiger partial charge in [-0.25, -0.2) is 15.0 Å². The Balaban J connectivity index is 1.20. The van der Waals surface area contributed by atoms with Crippen LogP contribution in [0.1, 0.15) is 0 Å². The molecule has 262 valence electrons. The maximum Gasteiger partial charge on any atom is 0.164 e. The van der Waals surface area contributed by atoms with Crippen molar-refractivity contribution >= 4 is 230 Å². The van der Waals surface area contributed by atoms with Crippen LogP contribution < -0.4 is 76.5 Å². The first kappa shape index (κ1) is 42.0. The third-order valence-electron chi connectivity index (χ3n) is 11.9. The van der Waals surface area contributed by atoms with E-state index < -0.39 is 0 Å². The number of fused-ring (bicyclic) bond motifs is 6. The molecule has 0 amide bonds. The van der Waals surface area contributed by atoms with E-state index in [0.717, 1.165) is 38.3 Å². The standard InChI is InChI=1S/C45H14B14N4O/c46-29-25(26-31(48)37(54)41(58)38(55)32(26)49)30(47)36(53)33(50)27(29)44-60-43(61-45(62-44)28-34(51)39(56)42(59)40(57)35(28)52)15-9-11-19-20-14-16(10-12-23(20)64-24(19)13-15)63-21-7-3-1-5-17(21)18-6-2-4-8-22(18)63/h1-14H. The highest BCUT2D eigenvalue weighted by atomic mass is 16.3. The van der Waals surface area contributed by atoms with E-state index >= 15 is 0 Å². The lowest BCUT2D eigenvalue weighted by Crippen LogP contribution is -2.57. The van der Waals surface area contributed by atoms with Crippen LogP contribution in [0.2, 0.25) is 0 Å². The Bertz CT molecular complexity index is 3590. The predicted molar refractivity (Wildman–Crippen MR) is 279 cm³/mol. The Hall–Kier alpha value is -5.94. The van der Waals surface area contributed by atoms with Crippen molar-refractivity contribution in [1.29, 1.82) is 0 Å². The maximum absolute atomic E-state index is 6.96. The Morgan fingerprint density at radius 3 is 1.28 bits per heavy atom. The van der Waals surface area contributed by atoms with Gasteiger partial charge in [0.2, 0.25) is 0 Å². The zero-order chi connectivity index (χ0) is 45.2. The number of aromatic nitrogens is 4. The lowest BCUT2D eigenvalue weighted by Gasteiger charge is -2.28. The fourth-order valence-electron chi connectivity index (χ4n) is 8.52. The highest BCUT2D eigenvalue weighted by molar-refractivity contribution is 6.71. The largest absolute Gasteiger partial charge is 0.456 e. The zero-order valence-electron chi connectivity index (χ0n) is 33.9. The first-order valence-corrected chi connectivity index (χ1v) is 19.6. The summed E-state index contributed by atoms with van der Waals surface area (Å²) in [5.74, 6) is -0.0497. The molecule has 64 heavy (non-hydrogen) atoms. The number of nitrogens with zero attached hydrogens (tertiary/aromatic N) is 4. The summed E-state index contributed by atoms with van der Waals surface area (Å²) in [6.45, 7) is 0. The van der Waals surface area contributed by atoms with Gasteiger partial charge in [0, 0.05) is 43.9 Å². The van der Waals surface area contributed by atoms with Crippen molar-refractivity contribution in [2.24, 2.45) is 0 Å². The average molecular weight is 778 g/mol. The Kier molecular flexibility index (Phi) is 10.1. The predicted octanol–water partition coefficient (Wildman–Crippen LogP) is -5.35. The molecule has 19 heteroatoms. The monoisotopic (exact) mass is 780 g/mol. The van der Waals surface area contributed by atoms with Gasteiger partial charge < -0.3 is 8.98 Å². The summed E-state index contributed by atoms with van der Waals surface area (Å²) in [4.78, 5) is 14.5. The van der Waals surface area contributed by atoms with Crippen molar-refractivity contribution in [3.63, 3.8) is 0 Å². The number of hydrogen-bond acceptors (Lipinski definition) is 4. The molecule has 0 saturated heterocycles. The summed E-state index contributed by atoms with van der Waals surface area (Å²) < 4.78 is 8.71. The second kappa shape index (κ2) is 15.4. The number of rotatable bonds is 5. The van der Waals surface area contributed by atoms with Crippen molar-refractivity contribution in [1.82, 2.24) is 19.5 Å². The van der Waals surface area contributed by atoms with Crippen LogP contribution in [0.5, 0.6) is 0 Å². The molecular formula is C45H14B14N4O. The quantitative estimate of drug-likeness (QED) is 0.164. The fourth-order valence-corrected chi connectivity index (χ4v) is 8.52. The molecule has 0 bridgehead atoms. The highest BCUT2D eigenvalue weighted by Crippen LogP contribution is 2.36. The van der Waals surface area contributed by atoms with Crippen LogP contribution in [0.4, 0.5) is 0 Å². The molecule has 0 atom stereocenters. The second-order valence-corrected chi connectivity index (χ2v) is 15.5. The third kappa shape index (κ3) is 6.16. The zero-order valence-corrected chi connectivity index (χ0v) is 33.9. The molecule has 7 aromatic carbocycles. The molecule has 10 aromatic rings. The van der Waals surface area contributed by atoms with E-state index in [0.29, 0.717) is 16.7 Å². The van der Waals surface area contributed by atoms with Gasteiger partial charge in [0.1, 0.15) is 121 Å². The smallest absolute Gasteiger partial charge is 0.164 e. The fraction of sp³-hybridized carbons (Fsp3) is 0. The molecule has 28 radical (unpaired) electrons. The van der Waals surface area contributed by atoms with E-state index in [1.807, 2.05) is 48.5 Å². The van der Waals surface area contributed by atoms with Crippen molar-refractivity contribution in [2.75, 3.05) is 0 Å². The van der Waals surface area contributed by atoms with Crippen LogP contribution in [0.15, 0.2) is 89.3 Å². The third-order valence-corrected chi connectivity index (χ3v) is 11.9. The van der Waals surface area contributed by atoms with E-state index in [2.05, 4.69) is 34.9 Å². The number of hydrogen-bond donors (Lipinski definition) is 0. The van der Waals surface area contributed by atoms with E-state index in [9.17, 15) is 0 Å². The molecule has 0 spiro atoms. The van der Waals surface area contributed by atoms with Gasteiger partial charge in [-0.3, -0.25) is 0 Å². The Morgan fingerprint density at radius 1 is 0.328 bits per heavy atom. The number of furan rings is 1. The molecule has 0 fully saturated rings. The summed E-state index contributed by atoms with van der Waals surface area (Å²) >= 11 is 0. The van der Waals surface area contributed by atoms with Gasteiger partial charge in [-0.2, -0.15) is 0 Å². The molecule has 0 unspecified atom stereocenters. The molecule has 0 aliphatic rings. The minimum Gasteiger partial charge on any atom is -0.456 e. The molecule has 5 nitrogen and oxygen atoms in total. The van der Waals surface area contributed by atoms with Crippen molar-refractivity contribution in [3.8, 4) is 51.0 Å². The van der Waals surface area contributed by atoms with E-state index in [1.165, 1.54) is 0 Å². The summed E-state index contributed by atoms with van der Waals surface area (Å²) in [6, 6.07) is 28.3. The summed E-state index contributed by atoms with van der Waals surface area (Å²) in [6.07, 6.45) is 0. The van der Waals surface area contributed by atoms with Gasteiger partial charge in [-0.15, -0.1) is 38.2 Å². The van der Waals surface area contributed by atoms with E-state index in [4.69, 9.17) is 129 Å². The van der Waals surface area contributed by atoms with E-state index in [-0.39, 0.29) is 116 Å². The van der Waals surface area contributed by atoms with Gasteiger partial charge in [-0.05, 0) is 53.6 Å². The van der Waals surface area contributed by atoms with Gasteiger partial charge in [0.25, 0.3) is 0 Å². The van der Waals surface area contributed by atoms with Gasteiger partial charge in [0.05, 0.1) is 11.0 Å². The van der Waals surface area contributed by atoms with Gasteiger partial charge >= 0.3 is 0 Å². The van der Waals surface area contributed by atoms with Crippen LogP contribution in [0.25, 0.3) is 94.7 Å². The minimum absolute atomic E-state index is 0.00782. The molecule has 3 aromatic heterocycles. The second-order valence-electron chi connectivity index (χ2n) is 15.5. The maximum atomic E-state index is 6.96. The number of benzene rings is 7. The van der Waals surface area contributed by atoms with E-state index in [1.54, 1.807) is 6.07 Å². The SMILES string of the molecule is [B]c1c([B])c([B])c(-c2nc(-c3ccc4c(c3)oc3ccc(-n5c6ccccc6c6ccccc65)cc34)nc(-c3c([B])c([B])c([B])c(-c4c([B])c([B])c([B])c([B])c4[B])c3[B])n2)c([B])c1[B]. The summed E-state index contributed by atoms with van der Waals surface area (Å²) in [7, 11) is 90.4.